The third-order valence-electron chi connectivity index (χ3n) is 5.09. The Morgan fingerprint density at radius 1 is 1.11 bits per heavy atom. The number of anilines is 2. The van der Waals surface area contributed by atoms with Crippen LogP contribution in [0, 0.1) is 0 Å². The molecule has 7 heteroatoms. The van der Waals surface area contributed by atoms with E-state index in [1.54, 1.807) is 4.68 Å². The molecule has 1 aromatic carbocycles. The van der Waals surface area contributed by atoms with E-state index in [9.17, 15) is 0 Å². The van der Waals surface area contributed by atoms with E-state index < -0.39 is 0 Å². The Morgan fingerprint density at radius 3 is 2.82 bits per heavy atom. The van der Waals surface area contributed by atoms with Crippen LogP contribution in [0.15, 0.2) is 55.1 Å². The highest BCUT2D eigenvalue weighted by molar-refractivity contribution is 5.97. The van der Waals surface area contributed by atoms with Gasteiger partial charge in [0.05, 0.1) is 28.8 Å². The number of nitrogens with zero attached hydrogens (tertiary/aromatic N) is 5. The Hall–Kier alpha value is -3.61. The molecule has 0 saturated heterocycles. The van der Waals surface area contributed by atoms with E-state index in [-0.39, 0.29) is 0 Å². The maximum Gasteiger partial charge on any atom is 0.103 e. The van der Waals surface area contributed by atoms with Gasteiger partial charge >= 0.3 is 0 Å². The van der Waals surface area contributed by atoms with Gasteiger partial charge < -0.3 is 10.6 Å². The molecule has 0 aliphatic carbocycles. The number of rotatable bonds is 2. The van der Waals surface area contributed by atoms with Crippen LogP contribution in [0.4, 0.5) is 11.4 Å². The van der Waals surface area contributed by atoms with Crippen LogP contribution in [0.3, 0.4) is 0 Å². The van der Waals surface area contributed by atoms with Crippen LogP contribution >= 0.6 is 0 Å². The normalized spacial score (nSPS) is 13.7. The molecular formula is C21H21N7. The van der Waals surface area contributed by atoms with Gasteiger partial charge in [0.25, 0.3) is 0 Å². The second kappa shape index (κ2) is 6.23. The van der Waals surface area contributed by atoms with Crippen molar-refractivity contribution in [2.45, 2.75) is 6.42 Å². The summed E-state index contributed by atoms with van der Waals surface area (Å²) in [5.74, 6) is 0. The monoisotopic (exact) mass is 371 g/mol. The highest BCUT2D eigenvalue weighted by atomic mass is 15.3. The quantitative estimate of drug-likeness (QED) is 0.561. The van der Waals surface area contributed by atoms with E-state index in [4.69, 9.17) is 5.10 Å². The second-order valence-electron chi connectivity index (χ2n) is 7.09. The summed E-state index contributed by atoms with van der Waals surface area (Å²) in [6, 6.07) is 8.34. The summed E-state index contributed by atoms with van der Waals surface area (Å²) in [4.78, 5) is 4.67. The van der Waals surface area contributed by atoms with Crippen LogP contribution in [0.2, 0.25) is 0 Å². The van der Waals surface area contributed by atoms with Gasteiger partial charge in [0.15, 0.2) is 0 Å². The first-order valence-corrected chi connectivity index (χ1v) is 9.24. The minimum atomic E-state index is 0.827. The van der Waals surface area contributed by atoms with Crippen LogP contribution in [0.1, 0.15) is 6.42 Å². The maximum absolute atomic E-state index is 4.72. The number of hydrogen-bond acceptors (Lipinski definition) is 5. The summed E-state index contributed by atoms with van der Waals surface area (Å²) in [6.07, 6.45) is 6.54. The third kappa shape index (κ3) is 2.63. The van der Waals surface area contributed by atoms with Gasteiger partial charge in [-0.25, -0.2) is 0 Å². The molecule has 28 heavy (non-hydrogen) atoms. The Morgan fingerprint density at radius 2 is 2.00 bits per heavy atom. The molecule has 4 aromatic rings. The molecule has 1 aliphatic heterocycles. The fourth-order valence-corrected chi connectivity index (χ4v) is 3.72. The van der Waals surface area contributed by atoms with Crippen molar-refractivity contribution in [3.8, 4) is 22.5 Å². The van der Waals surface area contributed by atoms with E-state index in [1.165, 1.54) is 0 Å². The first kappa shape index (κ1) is 16.6. The molecule has 0 unspecified atom stereocenters. The molecule has 0 radical (unpaired) electrons. The van der Waals surface area contributed by atoms with Gasteiger partial charge in [0, 0.05) is 61.7 Å². The van der Waals surface area contributed by atoms with Crippen LogP contribution in [0.5, 0.6) is 0 Å². The predicted octanol–water partition coefficient (Wildman–Crippen LogP) is 3.78. The lowest BCUT2D eigenvalue weighted by Crippen LogP contribution is -2.01. The van der Waals surface area contributed by atoms with E-state index in [0.717, 1.165) is 63.5 Å². The fraction of sp³-hybridized carbons (Fsp3) is 0.190. The van der Waals surface area contributed by atoms with Crippen molar-refractivity contribution >= 4 is 22.3 Å². The lowest BCUT2D eigenvalue weighted by molar-refractivity contribution is 0.767. The predicted molar refractivity (Wildman–Crippen MR) is 112 cm³/mol. The van der Waals surface area contributed by atoms with Gasteiger partial charge in [-0.2, -0.15) is 10.2 Å². The summed E-state index contributed by atoms with van der Waals surface area (Å²) >= 11 is 0. The third-order valence-corrected chi connectivity index (χ3v) is 5.09. The Balaban J connectivity index is 1.69. The SMILES string of the molecule is C=C1CCNc2c(ccnc2-c2ccc3c(c2)c(-c2cnn(C)c2)nn3C)N1. The smallest absolute Gasteiger partial charge is 0.103 e. The molecule has 0 amide bonds. The Labute approximate surface area is 162 Å². The molecule has 0 atom stereocenters. The number of fused-ring (bicyclic) bond motifs is 2. The lowest BCUT2D eigenvalue weighted by atomic mass is 10.0. The molecule has 0 saturated carbocycles. The van der Waals surface area contributed by atoms with Crippen LogP contribution in [-0.4, -0.2) is 31.1 Å². The minimum Gasteiger partial charge on any atom is -0.381 e. The van der Waals surface area contributed by atoms with Crippen molar-refractivity contribution in [3.05, 3.63) is 55.1 Å². The maximum atomic E-state index is 4.72. The molecule has 5 rings (SSSR count). The summed E-state index contributed by atoms with van der Waals surface area (Å²) < 4.78 is 3.70. The van der Waals surface area contributed by atoms with Crippen molar-refractivity contribution in [1.82, 2.24) is 24.5 Å². The largest absolute Gasteiger partial charge is 0.381 e. The number of benzene rings is 1. The van der Waals surface area contributed by atoms with Crippen molar-refractivity contribution in [3.63, 3.8) is 0 Å². The van der Waals surface area contributed by atoms with Gasteiger partial charge in [0.2, 0.25) is 0 Å². The summed E-state index contributed by atoms with van der Waals surface area (Å²) in [5.41, 5.74) is 7.98. The van der Waals surface area contributed by atoms with E-state index in [1.807, 2.05) is 43.4 Å². The minimum absolute atomic E-state index is 0.827. The Bertz CT molecular complexity index is 1210. The first-order chi connectivity index (χ1) is 13.6. The molecule has 0 spiro atoms. The topological polar surface area (TPSA) is 72.6 Å². The molecule has 4 heterocycles. The molecule has 0 fully saturated rings. The number of hydrogen-bond donors (Lipinski definition) is 2. The van der Waals surface area contributed by atoms with E-state index in [2.05, 4.69) is 45.5 Å². The van der Waals surface area contributed by atoms with Gasteiger partial charge in [-0.1, -0.05) is 12.6 Å². The lowest BCUT2D eigenvalue weighted by Gasteiger charge is -2.13. The fourth-order valence-electron chi connectivity index (χ4n) is 3.72. The zero-order valence-corrected chi connectivity index (χ0v) is 15.9. The number of aromatic nitrogens is 5. The highest BCUT2D eigenvalue weighted by Crippen LogP contribution is 2.37. The first-order valence-electron chi connectivity index (χ1n) is 9.24. The Kier molecular flexibility index (Phi) is 3.68. The van der Waals surface area contributed by atoms with Crippen LogP contribution < -0.4 is 10.6 Å². The molecule has 2 N–H and O–H groups in total. The average molecular weight is 371 g/mol. The van der Waals surface area contributed by atoms with Gasteiger partial charge in [-0.3, -0.25) is 14.3 Å². The molecule has 7 nitrogen and oxygen atoms in total. The zero-order valence-electron chi connectivity index (χ0n) is 15.9. The highest BCUT2D eigenvalue weighted by Gasteiger charge is 2.18. The van der Waals surface area contributed by atoms with E-state index in [0.29, 0.717) is 0 Å². The van der Waals surface area contributed by atoms with Gasteiger partial charge in [-0.05, 0) is 18.2 Å². The molecule has 140 valence electrons. The average Bonchev–Trinajstić information content (AvgIpc) is 3.19. The second-order valence-corrected chi connectivity index (χ2v) is 7.09. The van der Waals surface area contributed by atoms with Crippen molar-refractivity contribution in [2.75, 3.05) is 17.2 Å². The van der Waals surface area contributed by atoms with Crippen molar-refractivity contribution in [2.24, 2.45) is 14.1 Å². The van der Waals surface area contributed by atoms with Gasteiger partial charge in [-0.15, -0.1) is 0 Å². The molecule has 3 aromatic heterocycles. The number of pyridine rings is 1. The molecule has 1 aliphatic rings. The van der Waals surface area contributed by atoms with Gasteiger partial charge in [0.1, 0.15) is 5.69 Å². The number of nitrogens with one attached hydrogen (secondary N) is 2. The summed E-state index contributed by atoms with van der Waals surface area (Å²) in [5, 5.41) is 17.0. The molecule has 0 bridgehead atoms. The molecular weight excluding hydrogens is 350 g/mol. The van der Waals surface area contributed by atoms with Crippen LogP contribution in [-0.2, 0) is 14.1 Å². The van der Waals surface area contributed by atoms with Crippen LogP contribution in [0.25, 0.3) is 33.4 Å². The summed E-state index contributed by atoms with van der Waals surface area (Å²) in [6.45, 7) is 4.90. The standard InChI is InChI=1S/C21H21N7/c1-13-6-8-23-21-17(25-13)7-9-22-20(21)14-4-5-18-16(10-14)19(26-28(18)3)15-11-24-27(2)12-15/h4-5,7,9-12,23,25H,1,6,8H2,2-3H3. The van der Waals surface area contributed by atoms with Crippen molar-refractivity contribution < 1.29 is 0 Å². The zero-order chi connectivity index (χ0) is 19.3. The number of aryl methyl sites for hydroxylation is 2. The van der Waals surface area contributed by atoms with E-state index >= 15 is 0 Å². The summed E-state index contributed by atoms with van der Waals surface area (Å²) in [7, 11) is 3.88. The van der Waals surface area contributed by atoms with Crippen molar-refractivity contribution in [1.29, 1.82) is 0 Å².